The Morgan fingerprint density at radius 2 is 1.79 bits per heavy atom. The number of furan rings is 1. The van der Waals surface area contributed by atoms with Gasteiger partial charge in [-0.05, 0) is 31.3 Å². The van der Waals surface area contributed by atoms with E-state index in [1.807, 2.05) is 36.4 Å². The van der Waals surface area contributed by atoms with E-state index in [2.05, 4.69) is 46.8 Å². The fourth-order valence-corrected chi connectivity index (χ4v) is 3.00. The van der Waals surface area contributed by atoms with E-state index in [1.54, 1.807) is 6.26 Å². The molecule has 3 heterocycles. The minimum absolute atomic E-state index is 0.765. The summed E-state index contributed by atoms with van der Waals surface area (Å²) < 4.78 is 7.63. The lowest BCUT2D eigenvalue weighted by molar-refractivity contribution is 0.284. The third kappa shape index (κ3) is 2.84. The molecule has 0 aliphatic rings. The third-order valence-electron chi connectivity index (χ3n) is 4.10. The summed E-state index contributed by atoms with van der Waals surface area (Å²) in [6.45, 7) is 1.55. The number of aromatic nitrogens is 2. The molecule has 0 fully saturated rings. The van der Waals surface area contributed by atoms with Crippen molar-refractivity contribution in [2.75, 3.05) is 7.05 Å². The Morgan fingerprint density at radius 1 is 0.958 bits per heavy atom. The number of pyridine rings is 1. The smallest absolute Gasteiger partial charge is 0.137 e. The van der Waals surface area contributed by atoms with E-state index in [1.165, 1.54) is 5.69 Å². The van der Waals surface area contributed by atoms with Crippen molar-refractivity contribution in [1.82, 2.24) is 14.3 Å². The summed E-state index contributed by atoms with van der Waals surface area (Å²) in [4.78, 5) is 7.08. The Balaban J connectivity index is 1.72. The summed E-state index contributed by atoms with van der Waals surface area (Å²) in [5, 5.41) is 0. The van der Waals surface area contributed by atoms with Crippen LogP contribution in [-0.2, 0) is 13.1 Å². The molecule has 24 heavy (non-hydrogen) atoms. The molecule has 0 spiro atoms. The second-order valence-electron chi connectivity index (χ2n) is 5.95. The Hall–Kier alpha value is -2.85. The Kier molecular flexibility index (Phi) is 3.89. The van der Waals surface area contributed by atoms with E-state index in [0.717, 1.165) is 35.8 Å². The minimum atomic E-state index is 0.765. The number of nitrogens with zero attached hydrogens (tertiary/aromatic N) is 3. The number of rotatable bonds is 5. The first-order valence-electron chi connectivity index (χ1n) is 8.03. The standard InChI is InChI=1S/C20H19N3O/c1-22(14-17-10-7-13-24-17)15-18-20(16-8-3-2-4-9-16)21-19-11-5-6-12-23(18)19/h2-13H,14-15H2,1H3. The van der Waals surface area contributed by atoms with Gasteiger partial charge < -0.3 is 8.82 Å². The quantitative estimate of drug-likeness (QED) is 0.552. The van der Waals surface area contributed by atoms with Gasteiger partial charge in [0.05, 0.1) is 24.2 Å². The predicted octanol–water partition coefficient (Wildman–Crippen LogP) is 4.23. The molecule has 0 bridgehead atoms. The molecule has 0 N–H and O–H groups in total. The molecule has 0 saturated heterocycles. The van der Waals surface area contributed by atoms with Gasteiger partial charge in [-0.3, -0.25) is 4.90 Å². The molecule has 0 unspecified atom stereocenters. The minimum Gasteiger partial charge on any atom is -0.468 e. The maximum Gasteiger partial charge on any atom is 0.137 e. The number of imidazole rings is 1. The fourth-order valence-electron chi connectivity index (χ4n) is 3.00. The van der Waals surface area contributed by atoms with E-state index in [0.29, 0.717) is 0 Å². The second-order valence-corrected chi connectivity index (χ2v) is 5.95. The maximum atomic E-state index is 5.46. The molecule has 4 heteroatoms. The average molecular weight is 317 g/mol. The van der Waals surface area contributed by atoms with Crippen LogP contribution in [0, 0.1) is 0 Å². The molecule has 0 aliphatic carbocycles. The average Bonchev–Trinajstić information content (AvgIpc) is 3.24. The van der Waals surface area contributed by atoms with Crippen molar-refractivity contribution < 1.29 is 4.42 Å². The first-order chi connectivity index (χ1) is 11.8. The van der Waals surface area contributed by atoms with Gasteiger partial charge in [-0.25, -0.2) is 4.98 Å². The summed E-state index contributed by atoms with van der Waals surface area (Å²) in [7, 11) is 2.10. The van der Waals surface area contributed by atoms with Crippen molar-refractivity contribution in [2.45, 2.75) is 13.1 Å². The van der Waals surface area contributed by atoms with Gasteiger partial charge in [-0.2, -0.15) is 0 Å². The highest BCUT2D eigenvalue weighted by Gasteiger charge is 2.15. The van der Waals surface area contributed by atoms with Gasteiger partial charge >= 0.3 is 0 Å². The summed E-state index contributed by atoms with van der Waals surface area (Å²) in [6, 6.07) is 20.4. The van der Waals surface area contributed by atoms with Gasteiger partial charge in [0.1, 0.15) is 11.4 Å². The summed E-state index contributed by atoms with van der Waals surface area (Å²) in [5.74, 6) is 0.965. The molecule has 0 amide bonds. The molecule has 4 aromatic rings. The first-order valence-corrected chi connectivity index (χ1v) is 8.03. The van der Waals surface area contributed by atoms with E-state index in [9.17, 15) is 0 Å². The number of fused-ring (bicyclic) bond motifs is 1. The molecular weight excluding hydrogens is 298 g/mol. The molecule has 120 valence electrons. The molecule has 4 nitrogen and oxygen atoms in total. The van der Waals surface area contributed by atoms with Crippen molar-refractivity contribution in [1.29, 1.82) is 0 Å². The molecule has 0 atom stereocenters. The lowest BCUT2D eigenvalue weighted by Crippen LogP contribution is -2.18. The zero-order chi connectivity index (χ0) is 16.4. The van der Waals surface area contributed by atoms with Gasteiger partial charge in [0, 0.05) is 18.3 Å². The Labute approximate surface area is 141 Å². The van der Waals surface area contributed by atoms with Crippen LogP contribution in [0.5, 0.6) is 0 Å². The molecule has 0 aliphatic heterocycles. The van der Waals surface area contributed by atoms with Crippen LogP contribution in [-0.4, -0.2) is 21.3 Å². The highest BCUT2D eigenvalue weighted by Crippen LogP contribution is 2.25. The molecular formula is C20H19N3O. The van der Waals surface area contributed by atoms with E-state index in [-0.39, 0.29) is 0 Å². The third-order valence-corrected chi connectivity index (χ3v) is 4.10. The summed E-state index contributed by atoms with van der Waals surface area (Å²) in [5.41, 5.74) is 4.33. The highest BCUT2D eigenvalue weighted by molar-refractivity contribution is 5.66. The lowest BCUT2D eigenvalue weighted by Gasteiger charge is -2.16. The van der Waals surface area contributed by atoms with Crippen LogP contribution in [0.4, 0.5) is 0 Å². The SMILES string of the molecule is CN(Cc1ccco1)Cc1c(-c2ccccc2)nc2ccccn12. The number of benzene rings is 1. The van der Waals surface area contributed by atoms with Crippen LogP contribution in [0.15, 0.2) is 77.5 Å². The van der Waals surface area contributed by atoms with E-state index < -0.39 is 0 Å². The van der Waals surface area contributed by atoms with Crippen LogP contribution in [0.3, 0.4) is 0 Å². The van der Waals surface area contributed by atoms with Crippen molar-refractivity contribution in [3.63, 3.8) is 0 Å². The molecule has 4 rings (SSSR count). The Morgan fingerprint density at radius 3 is 2.58 bits per heavy atom. The zero-order valence-electron chi connectivity index (χ0n) is 13.6. The largest absolute Gasteiger partial charge is 0.468 e. The van der Waals surface area contributed by atoms with E-state index in [4.69, 9.17) is 9.40 Å². The van der Waals surface area contributed by atoms with Crippen LogP contribution < -0.4 is 0 Å². The van der Waals surface area contributed by atoms with Crippen LogP contribution in [0.1, 0.15) is 11.5 Å². The maximum absolute atomic E-state index is 5.46. The van der Waals surface area contributed by atoms with Crippen LogP contribution >= 0.6 is 0 Å². The van der Waals surface area contributed by atoms with Gasteiger partial charge in [-0.1, -0.05) is 36.4 Å². The topological polar surface area (TPSA) is 33.7 Å². The number of hydrogen-bond donors (Lipinski definition) is 0. The van der Waals surface area contributed by atoms with Gasteiger partial charge in [0.15, 0.2) is 0 Å². The number of hydrogen-bond acceptors (Lipinski definition) is 3. The Bertz CT molecular complexity index is 926. The molecule has 1 aromatic carbocycles. The van der Waals surface area contributed by atoms with Gasteiger partial charge in [0.2, 0.25) is 0 Å². The van der Waals surface area contributed by atoms with Crippen molar-refractivity contribution in [3.8, 4) is 11.3 Å². The molecule has 3 aromatic heterocycles. The van der Waals surface area contributed by atoms with Gasteiger partial charge in [0.25, 0.3) is 0 Å². The molecule has 0 radical (unpaired) electrons. The summed E-state index contributed by atoms with van der Waals surface area (Å²) >= 11 is 0. The monoisotopic (exact) mass is 317 g/mol. The zero-order valence-corrected chi connectivity index (χ0v) is 13.6. The highest BCUT2D eigenvalue weighted by atomic mass is 16.3. The normalized spacial score (nSPS) is 11.4. The van der Waals surface area contributed by atoms with E-state index >= 15 is 0 Å². The summed E-state index contributed by atoms with van der Waals surface area (Å²) in [6.07, 6.45) is 3.79. The van der Waals surface area contributed by atoms with Crippen molar-refractivity contribution >= 4 is 5.65 Å². The van der Waals surface area contributed by atoms with Crippen LogP contribution in [0.25, 0.3) is 16.9 Å². The first kappa shape index (κ1) is 14.7. The van der Waals surface area contributed by atoms with Crippen molar-refractivity contribution in [3.05, 3.63) is 84.6 Å². The predicted molar refractivity (Wildman–Crippen MR) is 94.5 cm³/mol. The lowest BCUT2D eigenvalue weighted by atomic mass is 10.1. The second kappa shape index (κ2) is 6.34. The molecule has 0 saturated carbocycles. The van der Waals surface area contributed by atoms with Gasteiger partial charge in [-0.15, -0.1) is 0 Å². The van der Waals surface area contributed by atoms with Crippen molar-refractivity contribution in [2.24, 2.45) is 0 Å². The fraction of sp³-hybridized carbons (Fsp3) is 0.150. The van der Waals surface area contributed by atoms with Crippen LogP contribution in [0.2, 0.25) is 0 Å².